The van der Waals surface area contributed by atoms with Crippen LogP contribution in [0, 0.1) is 0 Å². The maximum atomic E-state index is 12.4. The standard InChI is InChI=1S/C18H19ClN2O5S/c1-3-26-18(23)13-6-4-8-15(10-13)20-17(22)12-21(27(2,24)25)16-9-5-7-14(19)11-16/h4-11H,3,12H2,1-2H3,(H,20,22). The Bertz CT molecular complexity index is 946. The zero-order valence-electron chi connectivity index (χ0n) is 14.8. The summed E-state index contributed by atoms with van der Waals surface area (Å²) in [6, 6.07) is 12.4. The minimum absolute atomic E-state index is 0.234. The van der Waals surface area contributed by atoms with Crippen molar-refractivity contribution in [3.05, 3.63) is 59.1 Å². The molecule has 0 aliphatic carbocycles. The Labute approximate surface area is 162 Å². The second-order valence-corrected chi connectivity index (χ2v) is 7.94. The molecule has 0 fully saturated rings. The summed E-state index contributed by atoms with van der Waals surface area (Å²) in [4.78, 5) is 24.1. The van der Waals surface area contributed by atoms with Crippen LogP contribution in [-0.4, -0.2) is 39.7 Å². The van der Waals surface area contributed by atoms with Gasteiger partial charge in [0.2, 0.25) is 15.9 Å². The lowest BCUT2D eigenvalue weighted by Gasteiger charge is -2.22. The van der Waals surface area contributed by atoms with Gasteiger partial charge in [0, 0.05) is 10.7 Å². The molecule has 2 rings (SSSR count). The number of nitrogens with zero attached hydrogens (tertiary/aromatic N) is 1. The van der Waals surface area contributed by atoms with E-state index < -0.39 is 28.4 Å². The molecule has 1 N–H and O–H groups in total. The highest BCUT2D eigenvalue weighted by molar-refractivity contribution is 7.92. The van der Waals surface area contributed by atoms with Gasteiger partial charge in [0.1, 0.15) is 6.54 Å². The maximum absolute atomic E-state index is 12.4. The van der Waals surface area contributed by atoms with Crippen molar-refractivity contribution < 1.29 is 22.7 Å². The fourth-order valence-corrected chi connectivity index (χ4v) is 3.33. The molecule has 0 atom stereocenters. The minimum atomic E-state index is -3.71. The van der Waals surface area contributed by atoms with Crippen molar-refractivity contribution in [3.63, 3.8) is 0 Å². The fourth-order valence-electron chi connectivity index (χ4n) is 2.30. The molecule has 0 unspecified atom stereocenters. The fraction of sp³-hybridized carbons (Fsp3) is 0.222. The Hall–Kier alpha value is -2.58. The van der Waals surface area contributed by atoms with Crippen molar-refractivity contribution in [1.29, 1.82) is 0 Å². The number of anilines is 2. The molecule has 0 aliphatic rings. The van der Waals surface area contributed by atoms with Crippen molar-refractivity contribution in [2.45, 2.75) is 6.92 Å². The minimum Gasteiger partial charge on any atom is -0.462 e. The van der Waals surface area contributed by atoms with E-state index in [0.717, 1.165) is 10.6 Å². The van der Waals surface area contributed by atoms with E-state index in [1.165, 1.54) is 12.1 Å². The number of hydrogen-bond donors (Lipinski definition) is 1. The van der Waals surface area contributed by atoms with Gasteiger partial charge in [-0.05, 0) is 43.3 Å². The number of amides is 1. The lowest BCUT2D eigenvalue weighted by atomic mass is 10.2. The summed E-state index contributed by atoms with van der Waals surface area (Å²) in [5.74, 6) is -1.08. The SMILES string of the molecule is CCOC(=O)c1cccc(NC(=O)CN(c2cccc(Cl)c2)S(C)(=O)=O)c1. The van der Waals surface area contributed by atoms with Gasteiger partial charge in [-0.2, -0.15) is 0 Å². The van der Waals surface area contributed by atoms with Crippen molar-refractivity contribution >= 4 is 44.9 Å². The van der Waals surface area contributed by atoms with Gasteiger partial charge in [-0.1, -0.05) is 23.7 Å². The van der Waals surface area contributed by atoms with Crippen molar-refractivity contribution in [2.75, 3.05) is 29.0 Å². The third-order valence-corrected chi connectivity index (χ3v) is 4.82. The van der Waals surface area contributed by atoms with Crippen molar-refractivity contribution in [3.8, 4) is 0 Å². The zero-order valence-corrected chi connectivity index (χ0v) is 16.4. The summed E-state index contributed by atoms with van der Waals surface area (Å²) in [5.41, 5.74) is 0.912. The summed E-state index contributed by atoms with van der Waals surface area (Å²) in [6.45, 7) is 1.49. The molecule has 0 saturated carbocycles. The number of nitrogens with one attached hydrogen (secondary N) is 1. The first kappa shape index (κ1) is 20.7. The van der Waals surface area contributed by atoms with Gasteiger partial charge in [-0.25, -0.2) is 13.2 Å². The molecule has 0 radical (unpaired) electrons. The molecule has 9 heteroatoms. The summed E-state index contributed by atoms with van der Waals surface area (Å²) in [7, 11) is -3.71. The average molecular weight is 411 g/mol. The van der Waals surface area contributed by atoms with E-state index in [1.807, 2.05) is 0 Å². The Kier molecular flexibility index (Phi) is 6.81. The molecular weight excluding hydrogens is 392 g/mol. The predicted molar refractivity (Wildman–Crippen MR) is 105 cm³/mol. The van der Waals surface area contributed by atoms with Gasteiger partial charge >= 0.3 is 5.97 Å². The van der Waals surface area contributed by atoms with Crippen LogP contribution in [0.3, 0.4) is 0 Å². The number of carbonyl (C=O) groups excluding carboxylic acids is 2. The highest BCUT2D eigenvalue weighted by Crippen LogP contribution is 2.22. The van der Waals surface area contributed by atoms with Crippen LogP contribution in [0.1, 0.15) is 17.3 Å². The quantitative estimate of drug-likeness (QED) is 0.708. The Morgan fingerprint density at radius 3 is 2.48 bits per heavy atom. The summed E-state index contributed by atoms with van der Waals surface area (Å²) in [6.07, 6.45) is 1.00. The molecule has 0 aliphatic heterocycles. The number of hydrogen-bond acceptors (Lipinski definition) is 5. The number of halogens is 1. The maximum Gasteiger partial charge on any atom is 0.338 e. The van der Waals surface area contributed by atoms with E-state index in [0.29, 0.717) is 10.7 Å². The lowest BCUT2D eigenvalue weighted by molar-refractivity contribution is -0.114. The first-order valence-electron chi connectivity index (χ1n) is 8.01. The van der Waals surface area contributed by atoms with Gasteiger partial charge in [0.05, 0.1) is 24.1 Å². The monoisotopic (exact) mass is 410 g/mol. The van der Waals surface area contributed by atoms with Crippen LogP contribution in [0.15, 0.2) is 48.5 Å². The predicted octanol–water partition coefficient (Wildman–Crippen LogP) is 2.92. The van der Waals surface area contributed by atoms with Gasteiger partial charge in [0.15, 0.2) is 0 Å². The highest BCUT2D eigenvalue weighted by Gasteiger charge is 2.21. The molecule has 27 heavy (non-hydrogen) atoms. The first-order chi connectivity index (χ1) is 12.7. The lowest BCUT2D eigenvalue weighted by Crippen LogP contribution is -2.37. The van der Waals surface area contributed by atoms with Gasteiger partial charge in [-0.3, -0.25) is 9.10 Å². The Balaban J connectivity index is 2.17. The molecule has 7 nitrogen and oxygen atoms in total. The first-order valence-corrected chi connectivity index (χ1v) is 10.2. The third-order valence-electron chi connectivity index (χ3n) is 3.44. The average Bonchev–Trinajstić information content (AvgIpc) is 2.59. The molecule has 144 valence electrons. The molecule has 2 aromatic rings. The highest BCUT2D eigenvalue weighted by atomic mass is 35.5. The number of benzene rings is 2. The molecular formula is C18H19ClN2O5S. The number of sulfonamides is 1. The summed E-state index contributed by atoms with van der Waals surface area (Å²) >= 11 is 5.91. The number of rotatable bonds is 7. The third kappa shape index (κ3) is 5.97. The van der Waals surface area contributed by atoms with Crippen LogP contribution >= 0.6 is 11.6 Å². The Morgan fingerprint density at radius 2 is 1.85 bits per heavy atom. The number of carbonyl (C=O) groups is 2. The normalized spacial score (nSPS) is 10.9. The van der Waals surface area contributed by atoms with E-state index in [9.17, 15) is 18.0 Å². The van der Waals surface area contributed by atoms with Gasteiger partial charge in [-0.15, -0.1) is 0 Å². The van der Waals surface area contributed by atoms with Crippen LogP contribution < -0.4 is 9.62 Å². The van der Waals surface area contributed by atoms with Gasteiger partial charge in [0.25, 0.3) is 0 Å². The number of esters is 1. The number of ether oxygens (including phenoxy) is 1. The van der Waals surface area contributed by atoms with Crippen LogP contribution in [0.5, 0.6) is 0 Å². The van der Waals surface area contributed by atoms with Crippen LogP contribution in [0.4, 0.5) is 11.4 Å². The van der Waals surface area contributed by atoms with E-state index in [2.05, 4.69) is 5.32 Å². The molecule has 2 aromatic carbocycles. The Morgan fingerprint density at radius 1 is 1.15 bits per heavy atom. The van der Waals surface area contributed by atoms with E-state index >= 15 is 0 Å². The molecule has 0 bridgehead atoms. The molecule has 1 amide bonds. The molecule has 0 heterocycles. The van der Waals surface area contributed by atoms with Gasteiger partial charge < -0.3 is 10.1 Å². The van der Waals surface area contributed by atoms with Crippen molar-refractivity contribution in [1.82, 2.24) is 0 Å². The zero-order chi connectivity index (χ0) is 20.0. The van der Waals surface area contributed by atoms with E-state index in [1.54, 1.807) is 43.3 Å². The summed E-state index contributed by atoms with van der Waals surface area (Å²) < 4.78 is 30.0. The second-order valence-electron chi connectivity index (χ2n) is 5.60. The largest absolute Gasteiger partial charge is 0.462 e. The topological polar surface area (TPSA) is 92.8 Å². The van der Waals surface area contributed by atoms with Crippen LogP contribution in [0.2, 0.25) is 5.02 Å². The second kappa shape index (κ2) is 8.88. The molecule has 0 saturated heterocycles. The molecule has 0 spiro atoms. The summed E-state index contributed by atoms with van der Waals surface area (Å²) in [5, 5.41) is 2.93. The van der Waals surface area contributed by atoms with E-state index in [4.69, 9.17) is 16.3 Å². The molecule has 0 aromatic heterocycles. The van der Waals surface area contributed by atoms with Crippen LogP contribution in [-0.2, 0) is 19.6 Å². The smallest absolute Gasteiger partial charge is 0.338 e. The van der Waals surface area contributed by atoms with Crippen molar-refractivity contribution in [2.24, 2.45) is 0 Å². The van der Waals surface area contributed by atoms with E-state index in [-0.39, 0.29) is 17.9 Å². The van der Waals surface area contributed by atoms with Crippen LogP contribution in [0.25, 0.3) is 0 Å².